The lowest BCUT2D eigenvalue weighted by Gasteiger charge is -2.27. The van der Waals surface area contributed by atoms with Crippen molar-refractivity contribution in [3.63, 3.8) is 0 Å². The molecule has 2 N–H and O–H groups in total. The first kappa shape index (κ1) is 13.8. The standard InChI is InChI=1S/C13H21NO3/c1-10(15)8-14(9-11(2)16)12-5-4-6-13(7-12)17-3/h4-7,10-11,15-16H,8-9H2,1-3H3. The Bertz CT molecular complexity index is 329. The van der Waals surface area contributed by atoms with Crippen LogP contribution in [0, 0.1) is 0 Å². The van der Waals surface area contributed by atoms with Gasteiger partial charge in [-0.3, -0.25) is 0 Å². The molecule has 0 aliphatic rings. The van der Waals surface area contributed by atoms with Crippen molar-refractivity contribution in [2.45, 2.75) is 26.1 Å². The number of aliphatic hydroxyl groups excluding tert-OH is 2. The zero-order chi connectivity index (χ0) is 12.8. The minimum absolute atomic E-state index is 0.444. The maximum absolute atomic E-state index is 9.47. The maximum Gasteiger partial charge on any atom is 0.120 e. The lowest BCUT2D eigenvalue weighted by atomic mass is 10.2. The summed E-state index contributed by atoms with van der Waals surface area (Å²) >= 11 is 0. The molecule has 0 spiro atoms. The third-order valence-corrected chi connectivity index (χ3v) is 2.39. The minimum Gasteiger partial charge on any atom is -0.497 e. The summed E-state index contributed by atoms with van der Waals surface area (Å²) < 4.78 is 5.16. The highest BCUT2D eigenvalue weighted by Crippen LogP contribution is 2.21. The summed E-state index contributed by atoms with van der Waals surface area (Å²) in [4.78, 5) is 1.94. The quantitative estimate of drug-likeness (QED) is 0.785. The SMILES string of the molecule is COc1cccc(N(CC(C)O)CC(C)O)c1. The number of nitrogens with zero attached hydrogens (tertiary/aromatic N) is 1. The Hall–Kier alpha value is -1.26. The van der Waals surface area contributed by atoms with E-state index in [-0.39, 0.29) is 0 Å². The van der Waals surface area contributed by atoms with Crippen molar-refractivity contribution in [2.24, 2.45) is 0 Å². The molecule has 0 bridgehead atoms. The number of hydrogen-bond donors (Lipinski definition) is 2. The summed E-state index contributed by atoms with van der Waals surface area (Å²) in [5.74, 6) is 0.767. The van der Waals surface area contributed by atoms with Crippen LogP contribution >= 0.6 is 0 Å². The lowest BCUT2D eigenvalue weighted by Crippen LogP contribution is -2.36. The zero-order valence-corrected chi connectivity index (χ0v) is 10.6. The van der Waals surface area contributed by atoms with Crippen molar-refractivity contribution in [3.05, 3.63) is 24.3 Å². The van der Waals surface area contributed by atoms with Crippen LogP contribution in [0.25, 0.3) is 0 Å². The predicted octanol–water partition coefficient (Wildman–Crippen LogP) is 1.26. The van der Waals surface area contributed by atoms with Crippen LogP contribution in [0.1, 0.15) is 13.8 Å². The molecule has 0 fully saturated rings. The monoisotopic (exact) mass is 239 g/mol. The van der Waals surface area contributed by atoms with Crippen molar-refractivity contribution in [3.8, 4) is 5.75 Å². The van der Waals surface area contributed by atoms with Gasteiger partial charge in [-0.15, -0.1) is 0 Å². The molecule has 4 heteroatoms. The maximum atomic E-state index is 9.47. The molecule has 0 saturated carbocycles. The highest BCUT2D eigenvalue weighted by molar-refractivity contribution is 5.51. The molecule has 1 rings (SSSR count). The Morgan fingerprint density at radius 2 is 1.76 bits per heavy atom. The summed E-state index contributed by atoms with van der Waals surface area (Å²) in [6, 6.07) is 7.59. The zero-order valence-electron chi connectivity index (χ0n) is 10.6. The molecule has 96 valence electrons. The van der Waals surface area contributed by atoms with Crippen molar-refractivity contribution < 1.29 is 14.9 Å². The van der Waals surface area contributed by atoms with E-state index in [4.69, 9.17) is 4.74 Å². The van der Waals surface area contributed by atoms with E-state index in [1.807, 2.05) is 29.2 Å². The number of rotatable bonds is 6. The second-order valence-electron chi connectivity index (χ2n) is 4.30. The summed E-state index contributed by atoms with van der Waals surface area (Å²) in [6.07, 6.45) is -0.889. The van der Waals surface area contributed by atoms with Crippen molar-refractivity contribution in [1.82, 2.24) is 0 Å². The molecule has 1 aromatic rings. The van der Waals surface area contributed by atoms with E-state index in [2.05, 4.69) is 0 Å². The van der Waals surface area contributed by atoms with Gasteiger partial charge in [0.05, 0.1) is 19.3 Å². The van der Waals surface area contributed by atoms with E-state index in [0.717, 1.165) is 11.4 Å². The van der Waals surface area contributed by atoms with Crippen LogP contribution in [-0.4, -0.2) is 42.6 Å². The van der Waals surface area contributed by atoms with E-state index < -0.39 is 12.2 Å². The summed E-state index contributed by atoms with van der Waals surface area (Å²) in [5.41, 5.74) is 0.936. The Kier molecular flexibility index (Phi) is 5.25. The van der Waals surface area contributed by atoms with Gasteiger partial charge in [-0.2, -0.15) is 0 Å². The van der Waals surface area contributed by atoms with E-state index in [1.54, 1.807) is 21.0 Å². The molecule has 0 aromatic heterocycles. The average molecular weight is 239 g/mol. The molecule has 4 nitrogen and oxygen atoms in total. The number of ether oxygens (including phenoxy) is 1. The van der Waals surface area contributed by atoms with E-state index in [0.29, 0.717) is 13.1 Å². The van der Waals surface area contributed by atoms with Crippen molar-refractivity contribution in [2.75, 3.05) is 25.1 Å². The number of methoxy groups -OCH3 is 1. The number of aliphatic hydroxyl groups is 2. The predicted molar refractivity (Wildman–Crippen MR) is 68.6 cm³/mol. The molecule has 0 saturated heterocycles. The third-order valence-electron chi connectivity index (χ3n) is 2.39. The van der Waals surface area contributed by atoms with Crippen LogP contribution in [0.3, 0.4) is 0 Å². The van der Waals surface area contributed by atoms with Gasteiger partial charge in [0.2, 0.25) is 0 Å². The van der Waals surface area contributed by atoms with Gasteiger partial charge in [0.25, 0.3) is 0 Å². The van der Waals surface area contributed by atoms with Crippen LogP contribution < -0.4 is 9.64 Å². The summed E-state index contributed by atoms with van der Waals surface area (Å²) in [7, 11) is 1.62. The topological polar surface area (TPSA) is 52.9 Å². The van der Waals surface area contributed by atoms with Gasteiger partial charge in [0.1, 0.15) is 5.75 Å². The van der Waals surface area contributed by atoms with Gasteiger partial charge in [0, 0.05) is 24.8 Å². The highest BCUT2D eigenvalue weighted by atomic mass is 16.5. The normalized spacial score (nSPS) is 14.2. The number of hydrogen-bond acceptors (Lipinski definition) is 4. The fraction of sp³-hybridized carbons (Fsp3) is 0.538. The van der Waals surface area contributed by atoms with E-state index >= 15 is 0 Å². The Morgan fingerprint density at radius 3 is 2.24 bits per heavy atom. The molecule has 0 aliphatic heterocycles. The molecule has 2 unspecified atom stereocenters. The van der Waals surface area contributed by atoms with Gasteiger partial charge in [-0.05, 0) is 26.0 Å². The van der Waals surface area contributed by atoms with E-state index in [9.17, 15) is 10.2 Å². The van der Waals surface area contributed by atoms with Crippen LogP contribution in [0.5, 0.6) is 5.75 Å². The number of anilines is 1. The van der Waals surface area contributed by atoms with Gasteiger partial charge in [0.15, 0.2) is 0 Å². The molecule has 0 radical (unpaired) electrons. The molecule has 1 aromatic carbocycles. The van der Waals surface area contributed by atoms with Crippen LogP contribution in [0.15, 0.2) is 24.3 Å². The second kappa shape index (κ2) is 6.47. The molecule has 2 atom stereocenters. The van der Waals surface area contributed by atoms with E-state index in [1.165, 1.54) is 0 Å². The van der Waals surface area contributed by atoms with Gasteiger partial charge in [-0.25, -0.2) is 0 Å². The Labute approximate surface area is 102 Å². The molecule has 0 amide bonds. The first-order valence-corrected chi connectivity index (χ1v) is 5.78. The van der Waals surface area contributed by atoms with Crippen LogP contribution in [0.2, 0.25) is 0 Å². The fourth-order valence-electron chi connectivity index (χ4n) is 1.73. The molecular weight excluding hydrogens is 218 g/mol. The Morgan fingerprint density at radius 1 is 1.18 bits per heavy atom. The highest BCUT2D eigenvalue weighted by Gasteiger charge is 2.12. The summed E-state index contributed by atoms with van der Waals surface area (Å²) in [5, 5.41) is 18.9. The fourth-order valence-corrected chi connectivity index (χ4v) is 1.73. The molecule has 17 heavy (non-hydrogen) atoms. The largest absolute Gasteiger partial charge is 0.497 e. The van der Waals surface area contributed by atoms with Gasteiger partial charge >= 0.3 is 0 Å². The minimum atomic E-state index is -0.444. The first-order valence-electron chi connectivity index (χ1n) is 5.78. The molecular formula is C13H21NO3. The van der Waals surface area contributed by atoms with Crippen molar-refractivity contribution in [1.29, 1.82) is 0 Å². The van der Waals surface area contributed by atoms with Crippen molar-refractivity contribution >= 4 is 5.69 Å². The first-order chi connectivity index (χ1) is 8.02. The Balaban J connectivity index is 2.86. The average Bonchev–Trinajstić information content (AvgIpc) is 2.27. The van der Waals surface area contributed by atoms with Gasteiger partial charge in [-0.1, -0.05) is 6.07 Å². The smallest absolute Gasteiger partial charge is 0.120 e. The lowest BCUT2D eigenvalue weighted by molar-refractivity contribution is 0.178. The molecule has 0 heterocycles. The van der Waals surface area contributed by atoms with Crippen LogP contribution in [0.4, 0.5) is 5.69 Å². The van der Waals surface area contributed by atoms with Gasteiger partial charge < -0.3 is 19.8 Å². The molecule has 0 aliphatic carbocycles. The summed E-state index contributed by atoms with van der Waals surface area (Å²) in [6.45, 7) is 4.43. The van der Waals surface area contributed by atoms with Crippen LogP contribution in [-0.2, 0) is 0 Å². The number of benzene rings is 1. The third kappa shape index (κ3) is 4.63. The second-order valence-corrected chi connectivity index (χ2v) is 4.30.